The molecule has 0 amide bonds. The van der Waals surface area contributed by atoms with Crippen molar-refractivity contribution in [1.29, 1.82) is 0 Å². The Bertz CT molecular complexity index is 429. The highest BCUT2D eigenvalue weighted by Crippen LogP contribution is 2.32. The molecule has 0 heterocycles. The predicted molar refractivity (Wildman–Crippen MR) is 123 cm³/mol. The average Bonchev–Trinajstić information content (AvgIpc) is 2.77. The van der Waals surface area contributed by atoms with E-state index in [4.69, 9.17) is 14.2 Å². The highest BCUT2D eigenvalue weighted by Gasteiger charge is 2.57. The summed E-state index contributed by atoms with van der Waals surface area (Å²) < 4.78 is 16.3. The average molecular weight is 443 g/mol. The quantitative estimate of drug-likeness (QED) is 0.0974. The minimum atomic E-state index is -2.02. The van der Waals surface area contributed by atoms with Crippen LogP contribution in [-0.4, -0.2) is 37.7 Å². The van der Waals surface area contributed by atoms with Gasteiger partial charge in [0.05, 0.1) is 19.8 Å². The molecule has 0 spiro atoms. The fraction of sp³-hybridized carbons (Fsp3) is 0.880. The summed E-state index contributed by atoms with van der Waals surface area (Å²) in [4.78, 5) is 39.4. The van der Waals surface area contributed by atoms with Crippen molar-refractivity contribution < 1.29 is 28.6 Å². The van der Waals surface area contributed by atoms with E-state index in [9.17, 15) is 14.4 Å². The van der Waals surface area contributed by atoms with Crippen LogP contribution in [0.2, 0.25) is 0 Å². The van der Waals surface area contributed by atoms with Crippen molar-refractivity contribution in [1.82, 2.24) is 0 Å². The van der Waals surface area contributed by atoms with Crippen molar-refractivity contribution in [2.75, 3.05) is 19.8 Å². The van der Waals surface area contributed by atoms with Crippen LogP contribution in [0.5, 0.6) is 0 Å². The van der Waals surface area contributed by atoms with Crippen LogP contribution in [0.3, 0.4) is 0 Å². The van der Waals surface area contributed by atoms with Crippen LogP contribution >= 0.6 is 0 Å². The van der Waals surface area contributed by atoms with Gasteiger partial charge in [0.1, 0.15) is 0 Å². The molecule has 31 heavy (non-hydrogen) atoms. The molecule has 0 saturated heterocycles. The van der Waals surface area contributed by atoms with Crippen molar-refractivity contribution >= 4 is 17.9 Å². The molecule has 0 aromatic heterocycles. The Labute approximate surface area is 189 Å². The molecule has 0 aromatic carbocycles. The van der Waals surface area contributed by atoms with Gasteiger partial charge >= 0.3 is 17.9 Å². The first-order valence-electron chi connectivity index (χ1n) is 12.5. The number of carbonyl (C=O) groups is 3. The smallest absolute Gasteiger partial charge is 0.335 e. The summed E-state index contributed by atoms with van der Waals surface area (Å²) >= 11 is 0. The maximum atomic E-state index is 13.1. The molecule has 0 fully saturated rings. The Balaban J connectivity index is 5.52. The third kappa shape index (κ3) is 11.6. The second-order valence-corrected chi connectivity index (χ2v) is 8.25. The maximum absolute atomic E-state index is 13.1. The van der Waals surface area contributed by atoms with Crippen LogP contribution in [0, 0.1) is 5.41 Å². The van der Waals surface area contributed by atoms with Crippen molar-refractivity contribution in [3.8, 4) is 0 Å². The highest BCUT2D eigenvalue weighted by atomic mass is 16.6. The van der Waals surface area contributed by atoms with Gasteiger partial charge in [0.25, 0.3) is 5.41 Å². The van der Waals surface area contributed by atoms with Crippen molar-refractivity contribution in [2.45, 2.75) is 118 Å². The Kier molecular flexibility index (Phi) is 18.1. The van der Waals surface area contributed by atoms with Gasteiger partial charge in [-0.1, -0.05) is 91.9 Å². The van der Waals surface area contributed by atoms with Crippen LogP contribution in [0.1, 0.15) is 118 Å². The SMILES string of the molecule is CCCCCCC(C(=O)OCCCCC)(C(=O)OCCCCC)C(=O)OCCCCC. The van der Waals surface area contributed by atoms with Gasteiger partial charge in [0.2, 0.25) is 0 Å². The Morgan fingerprint density at radius 2 is 0.806 bits per heavy atom. The molecule has 0 aliphatic heterocycles. The molecule has 6 nitrogen and oxygen atoms in total. The van der Waals surface area contributed by atoms with Gasteiger partial charge in [-0.2, -0.15) is 0 Å². The van der Waals surface area contributed by atoms with E-state index in [1.165, 1.54) is 0 Å². The van der Waals surface area contributed by atoms with Gasteiger partial charge in [0.15, 0.2) is 0 Å². The van der Waals surface area contributed by atoms with E-state index in [0.717, 1.165) is 57.8 Å². The number of esters is 3. The highest BCUT2D eigenvalue weighted by molar-refractivity contribution is 6.17. The Hall–Kier alpha value is -1.59. The molecule has 0 bridgehead atoms. The van der Waals surface area contributed by atoms with E-state index in [1.54, 1.807) is 0 Å². The lowest BCUT2D eigenvalue weighted by molar-refractivity contribution is -0.185. The standard InChI is InChI=1S/C25H46O6/c1-5-9-13-14-18-25(22(26)29-19-15-10-6-2,23(27)30-20-16-11-7-3)24(28)31-21-17-12-8-4/h5-21H2,1-4H3. The van der Waals surface area contributed by atoms with Gasteiger partial charge in [0, 0.05) is 0 Å². The topological polar surface area (TPSA) is 78.9 Å². The number of unbranched alkanes of at least 4 members (excludes halogenated alkanes) is 9. The summed E-state index contributed by atoms with van der Waals surface area (Å²) in [7, 11) is 0. The second kappa shape index (κ2) is 19.1. The second-order valence-electron chi connectivity index (χ2n) is 8.25. The van der Waals surface area contributed by atoms with Crippen LogP contribution in [-0.2, 0) is 28.6 Å². The molecule has 0 radical (unpaired) electrons. The Morgan fingerprint density at radius 1 is 0.484 bits per heavy atom. The Morgan fingerprint density at radius 3 is 1.13 bits per heavy atom. The molecule has 0 unspecified atom stereocenters. The maximum Gasteiger partial charge on any atom is 0.335 e. The molecule has 0 aliphatic carbocycles. The van der Waals surface area contributed by atoms with E-state index in [2.05, 4.69) is 27.7 Å². The summed E-state index contributed by atoms with van der Waals surface area (Å²) in [5.41, 5.74) is -2.02. The molecule has 0 saturated carbocycles. The molecule has 182 valence electrons. The minimum absolute atomic E-state index is 0.0683. The van der Waals surface area contributed by atoms with Crippen LogP contribution < -0.4 is 0 Å². The predicted octanol–water partition coefficient (Wildman–Crippen LogP) is 6.14. The van der Waals surface area contributed by atoms with Crippen molar-refractivity contribution in [3.05, 3.63) is 0 Å². The number of hydrogen-bond acceptors (Lipinski definition) is 6. The zero-order valence-electron chi connectivity index (χ0n) is 20.5. The number of carbonyl (C=O) groups excluding carboxylic acids is 3. The molecular formula is C25H46O6. The fourth-order valence-electron chi connectivity index (χ4n) is 3.29. The van der Waals surface area contributed by atoms with Crippen LogP contribution in [0.25, 0.3) is 0 Å². The molecule has 0 rings (SSSR count). The summed E-state index contributed by atoms with van der Waals surface area (Å²) in [6.07, 6.45) is 11.2. The first-order valence-corrected chi connectivity index (χ1v) is 12.5. The summed E-state index contributed by atoms with van der Waals surface area (Å²) in [6, 6.07) is 0. The molecule has 0 N–H and O–H groups in total. The van der Waals surface area contributed by atoms with E-state index in [1.807, 2.05) is 0 Å². The summed E-state index contributed by atoms with van der Waals surface area (Å²) in [6.45, 7) is 8.82. The first-order chi connectivity index (χ1) is 15.0. The summed E-state index contributed by atoms with van der Waals surface area (Å²) in [5, 5.41) is 0. The fourth-order valence-corrected chi connectivity index (χ4v) is 3.29. The largest absolute Gasteiger partial charge is 0.464 e. The number of hydrogen-bond donors (Lipinski definition) is 0. The minimum Gasteiger partial charge on any atom is -0.464 e. The number of rotatable bonds is 20. The van der Waals surface area contributed by atoms with Crippen molar-refractivity contribution in [3.63, 3.8) is 0 Å². The molecular weight excluding hydrogens is 396 g/mol. The molecule has 6 heteroatoms. The van der Waals surface area contributed by atoms with Gasteiger partial charge in [-0.3, -0.25) is 14.4 Å². The lowest BCUT2D eigenvalue weighted by Crippen LogP contribution is -2.49. The van der Waals surface area contributed by atoms with Crippen LogP contribution in [0.4, 0.5) is 0 Å². The van der Waals surface area contributed by atoms with Gasteiger partial charge < -0.3 is 14.2 Å². The van der Waals surface area contributed by atoms with Gasteiger partial charge in [-0.05, 0) is 25.7 Å². The third-order valence-corrected chi connectivity index (χ3v) is 5.39. The van der Waals surface area contributed by atoms with E-state index < -0.39 is 23.3 Å². The molecule has 0 atom stereocenters. The lowest BCUT2D eigenvalue weighted by atomic mass is 9.82. The van der Waals surface area contributed by atoms with E-state index in [-0.39, 0.29) is 26.2 Å². The first kappa shape index (κ1) is 29.4. The van der Waals surface area contributed by atoms with Crippen LogP contribution in [0.15, 0.2) is 0 Å². The summed E-state index contributed by atoms with van der Waals surface area (Å²) in [5.74, 6) is -2.46. The number of ether oxygens (including phenoxy) is 3. The third-order valence-electron chi connectivity index (χ3n) is 5.39. The van der Waals surface area contributed by atoms with Crippen molar-refractivity contribution in [2.24, 2.45) is 5.41 Å². The zero-order chi connectivity index (χ0) is 23.4. The van der Waals surface area contributed by atoms with E-state index >= 15 is 0 Å². The van der Waals surface area contributed by atoms with Gasteiger partial charge in [-0.15, -0.1) is 0 Å². The monoisotopic (exact) mass is 442 g/mol. The lowest BCUT2D eigenvalue weighted by Gasteiger charge is -2.27. The van der Waals surface area contributed by atoms with E-state index in [0.29, 0.717) is 25.7 Å². The zero-order valence-corrected chi connectivity index (χ0v) is 20.5. The normalized spacial score (nSPS) is 11.2. The van der Waals surface area contributed by atoms with Gasteiger partial charge in [-0.25, -0.2) is 0 Å². The molecule has 0 aliphatic rings. The molecule has 0 aromatic rings.